The molecule has 1 aliphatic rings. The number of rotatable bonds is 3. The summed E-state index contributed by atoms with van der Waals surface area (Å²) in [6, 6.07) is 1.54. The van der Waals surface area contributed by atoms with Gasteiger partial charge in [0.2, 0.25) is 0 Å². The summed E-state index contributed by atoms with van der Waals surface area (Å²) in [5.41, 5.74) is -0.656. The summed E-state index contributed by atoms with van der Waals surface area (Å²) in [4.78, 5) is 4.04. The zero-order valence-corrected chi connectivity index (χ0v) is 11.4. The van der Waals surface area contributed by atoms with E-state index in [-0.39, 0.29) is 5.15 Å². The Morgan fingerprint density at radius 2 is 1.88 bits per heavy atom. The monoisotopic (exact) mass is 294 g/mol. The number of nitrogens with one attached hydrogen (secondary N) is 1. The number of hydrogen-bond acceptors (Lipinski definition) is 3. The van der Waals surface area contributed by atoms with Gasteiger partial charge >= 0.3 is 0 Å². The van der Waals surface area contributed by atoms with E-state index in [0.29, 0.717) is 22.4 Å². The third-order valence-electron chi connectivity index (χ3n) is 3.01. The Bertz CT molecular complexity index is 419. The van der Waals surface area contributed by atoms with Crippen LogP contribution >= 0.6 is 34.8 Å². The predicted molar refractivity (Wildman–Crippen MR) is 71.2 cm³/mol. The number of anilines is 1. The van der Waals surface area contributed by atoms with Crippen LogP contribution < -0.4 is 5.32 Å². The number of aromatic nitrogens is 1. The highest BCUT2D eigenvalue weighted by Crippen LogP contribution is 2.32. The lowest BCUT2D eigenvalue weighted by Gasteiger charge is -2.23. The van der Waals surface area contributed by atoms with Crippen LogP contribution in [0.1, 0.15) is 25.7 Å². The Labute approximate surface area is 115 Å². The molecule has 2 N–H and O–H groups in total. The van der Waals surface area contributed by atoms with Gasteiger partial charge < -0.3 is 10.4 Å². The number of pyridine rings is 1. The second-order valence-corrected chi connectivity index (χ2v) is 5.55. The maximum atomic E-state index is 10.2. The molecule has 0 unspecified atom stereocenters. The van der Waals surface area contributed by atoms with Crippen molar-refractivity contribution in [2.75, 3.05) is 11.9 Å². The van der Waals surface area contributed by atoms with Crippen LogP contribution in [0, 0.1) is 0 Å². The normalized spacial score (nSPS) is 18.4. The fraction of sp³-hybridized carbons (Fsp3) is 0.545. The zero-order valence-electron chi connectivity index (χ0n) is 9.14. The Kier molecular flexibility index (Phi) is 4.03. The van der Waals surface area contributed by atoms with Crippen LogP contribution in [-0.4, -0.2) is 22.2 Å². The summed E-state index contributed by atoms with van der Waals surface area (Å²) >= 11 is 17.6. The van der Waals surface area contributed by atoms with Gasteiger partial charge in [0.1, 0.15) is 11.0 Å². The van der Waals surface area contributed by atoms with E-state index in [9.17, 15) is 5.11 Å². The summed E-state index contributed by atoms with van der Waals surface area (Å²) in [7, 11) is 0. The lowest BCUT2D eigenvalue weighted by atomic mass is 10.0. The van der Waals surface area contributed by atoms with E-state index < -0.39 is 5.60 Å². The first kappa shape index (κ1) is 13.2. The van der Waals surface area contributed by atoms with Gasteiger partial charge in [0.15, 0.2) is 0 Å². The van der Waals surface area contributed by atoms with E-state index in [0.717, 1.165) is 25.7 Å². The van der Waals surface area contributed by atoms with E-state index in [1.165, 1.54) is 0 Å². The first-order chi connectivity index (χ1) is 8.00. The summed E-state index contributed by atoms with van der Waals surface area (Å²) in [6.45, 7) is 0.428. The average molecular weight is 296 g/mol. The van der Waals surface area contributed by atoms with Gasteiger partial charge in [-0.25, -0.2) is 4.98 Å². The molecule has 94 valence electrons. The molecule has 1 aromatic heterocycles. The fourth-order valence-electron chi connectivity index (χ4n) is 2.03. The lowest BCUT2D eigenvalue weighted by Crippen LogP contribution is -2.33. The lowest BCUT2D eigenvalue weighted by molar-refractivity contribution is 0.0614. The van der Waals surface area contributed by atoms with Crippen molar-refractivity contribution in [3.05, 3.63) is 21.3 Å². The Hall–Kier alpha value is -0.220. The van der Waals surface area contributed by atoms with Crippen molar-refractivity contribution in [2.24, 2.45) is 0 Å². The Morgan fingerprint density at radius 3 is 2.53 bits per heavy atom. The van der Waals surface area contributed by atoms with Crippen molar-refractivity contribution in [1.82, 2.24) is 4.98 Å². The molecule has 1 aromatic rings. The van der Waals surface area contributed by atoms with E-state index in [1.54, 1.807) is 6.07 Å². The molecule has 2 rings (SSSR count). The summed E-state index contributed by atoms with van der Waals surface area (Å²) < 4.78 is 0. The minimum absolute atomic E-state index is 0.206. The molecule has 0 bridgehead atoms. The van der Waals surface area contributed by atoms with Gasteiger partial charge in [-0.15, -0.1) is 0 Å². The molecule has 17 heavy (non-hydrogen) atoms. The van der Waals surface area contributed by atoms with E-state index in [1.807, 2.05) is 0 Å². The molecule has 0 atom stereocenters. The molecule has 0 aromatic carbocycles. The topological polar surface area (TPSA) is 45.1 Å². The first-order valence-corrected chi connectivity index (χ1v) is 6.61. The zero-order chi connectivity index (χ0) is 12.5. The first-order valence-electron chi connectivity index (χ1n) is 5.48. The van der Waals surface area contributed by atoms with Crippen LogP contribution in [0.2, 0.25) is 15.2 Å². The maximum absolute atomic E-state index is 10.2. The van der Waals surface area contributed by atoms with Crippen LogP contribution in [0.4, 0.5) is 5.82 Å². The highest BCUT2D eigenvalue weighted by molar-refractivity contribution is 6.42. The van der Waals surface area contributed by atoms with Crippen LogP contribution in [0.5, 0.6) is 0 Å². The van der Waals surface area contributed by atoms with E-state index >= 15 is 0 Å². The summed E-state index contributed by atoms with van der Waals surface area (Å²) in [5, 5.41) is 14.1. The van der Waals surface area contributed by atoms with Gasteiger partial charge in [0, 0.05) is 6.54 Å². The van der Waals surface area contributed by atoms with Gasteiger partial charge in [-0.1, -0.05) is 47.6 Å². The van der Waals surface area contributed by atoms with Gasteiger partial charge in [-0.3, -0.25) is 0 Å². The van der Waals surface area contributed by atoms with Crippen molar-refractivity contribution in [2.45, 2.75) is 31.3 Å². The van der Waals surface area contributed by atoms with Gasteiger partial charge in [-0.2, -0.15) is 0 Å². The molecule has 0 saturated heterocycles. The fourth-order valence-corrected chi connectivity index (χ4v) is 2.59. The van der Waals surface area contributed by atoms with Crippen LogP contribution in [0.15, 0.2) is 6.07 Å². The number of halogens is 3. The van der Waals surface area contributed by atoms with E-state index in [4.69, 9.17) is 34.8 Å². The second kappa shape index (κ2) is 5.19. The molecule has 0 spiro atoms. The van der Waals surface area contributed by atoms with Crippen molar-refractivity contribution >= 4 is 40.6 Å². The number of hydrogen-bond donors (Lipinski definition) is 2. The van der Waals surface area contributed by atoms with Crippen LogP contribution in [0.25, 0.3) is 0 Å². The molecule has 1 heterocycles. The van der Waals surface area contributed by atoms with E-state index in [2.05, 4.69) is 10.3 Å². The molecule has 1 aliphatic carbocycles. The highest BCUT2D eigenvalue weighted by atomic mass is 35.5. The molecular formula is C11H13Cl3N2O. The number of nitrogens with zero attached hydrogens (tertiary/aromatic N) is 1. The second-order valence-electron chi connectivity index (χ2n) is 4.38. The van der Waals surface area contributed by atoms with Crippen molar-refractivity contribution in [3.8, 4) is 0 Å². The predicted octanol–water partition coefficient (Wildman–Crippen LogP) is 3.76. The van der Waals surface area contributed by atoms with Crippen LogP contribution in [-0.2, 0) is 0 Å². The molecule has 0 aliphatic heterocycles. The average Bonchev–Trinajstić information content (AvgIpc) is 2.69. The molecule has 0 radical (unpaired) electrons. The SMILES string of the molecule is OC1(CNc2nc(Cl)c(Cl)cc2Cl)CCCC1. The highest BCUT2D eigenvalue weighted by Gasteiger charge is 2.31. The van der Waals surface area contributed by atoms with Gasteiger partial charge in [0.05, 0.1) is 15.6 Å². The van der Waals surface area contributed by atoms with Gasteiger partial charge in [-0.05, 0) is 18.9 Å². The Balaban J connectivity index is 2.06. The molecular weight excluding hydrogens is 282 g/mol. The summed E-state index contributed by atoms with van der Waals surface area (Å²) in [5.74, 6) is 0.460. The van der Waals surface area contributed by atoms with Crippen molar-refractivity contribution in [1.29, 1.82) is 0 Å². The largest absolute Gasteiger partial charge is 0.388 e. The van der Waals surface area contributed by atoms with Crippen LogP contribution in [0.3, 0.4) is 0 Å². The van der Waals surface area contributed by atoms with Crippen molar-refractivity contribution < 1.29 is 5.11 Å². The molecule has 3 nitrogen and oxygen atoms in total. The molecule has 1 fully saturated rings. The molecule has 1 saturated carbocycles. The smallest absolute Gasteiger partial charge is 0.150 e. The molecule has 6 heteroatoms. The standard InChI is InChI=1S/C11H13Cl3N2O/c12-7-5-8(13)10(16-9(7)14)15-6-11(17)3-1-2-4-11/h5,17H,1-4,6H2,(H,15,16). The quantitative estimate of drug-likeness (QED) is 0.835. The third-order valence-corrected chi connectivity index (χ3v) is 3.97. The Morgan fingerprint density at radius 1 is 1.24 bits per heavy atom. The third kappa shape index (κ3) is 3.16. The summed E-state index contributed by atoms with van der Waals surface area (Å²) in [6.07, 6.45) is 3.72. The molecule has 0 amide bonds. The number of aliphatic hydroxyl groups is 1. The minimum atomic E-state index is -0.656. The minimum Gasteiger partial charge on any atom is -0.388 e. The van der Waals surface area contributed by atoms with Gasteiger partial charge in [0.25, 0.3) is 0 Å². The van der Waals surface area contributed by atoms with Crippen molar-refractivity contribution in [3.63, 3.8) is 0 Å². The maximum Gasteiger partial charge on any atom is 0.150 e.